The second-order valence-electron chi connectivity index (χ2n) is 3.54. The molecule has 1 saturated carbocycles. The van der Waals surface area contributed by atoms with Crippen LogP contribution in [-0.4, -0.2) is 28.4 Å². The van der Waals surface area contributed by atoms with Gasteiger partial charge in [0.25, 0.3) is 0 Å². The van der Waals surface area contributed by atoms with Gasteiger partial charge in [-0.05, 0) is 24.3 Å². The van der Waals surface area contributed by atoms with E-state index in [-0.39, 0.29) is 68.3 Å². The van der Waals surface area contributed by atoms with Crippen molar-refractivity contribution in [3.8, 4) is 0 Å². The fourth-order valence-corrected chi connectivity index (χ4v) is 2.45. The molecule has 4 aliphatic rings. The average Bonchev–Trinajstić information content (AvgIpc) is 2.36. The molecule has 2 bridgehead atoms. The van der Waals surface area contributed by atoms with Gasteiger partial charge in [-0.3, -0.25) is 0 Å². The largest absolute Gasteiger partial charge is 1.00 e. The minimum absolute atomic E-state index is 0. The van der Waals surface area contributed by atoms with Crippen molar-refractivity contribution in [1.29, 1.82) is 0 Å². The summed E-state index contributed by atoms with van der Waals surface area (Å²) in [6.45, 7) is 0.988. The van der Waals surface area contributed by atoms with Gasteiger partial charge in [0.15, 0.2) is 0 Å². The number of hydrogen-bond donors (Lipinski definition) is 0. The van der Waals surface area contributed by atoms with Crippen LogP contribution in [0.4, 0.5) is 0 Å². The fourth-order valence-electron chi connectivity index (χ4n) is 2.45. The molecule has 0 unspecified atom stereocenters. The van der Waals surface area contributed by atoms with E-state index in [2.05, 4.69) is 6.08 Å². The predicted molar refractivity (Wildman–Crippen MR) is 36.9 cm³/mol. The van der Waals surface area contributed by atoms with Crippen molar-refractivity contribution in [3.63, 3.8) is 0 Å². The van der Waals surface area contributed by atoms with Gasteiger partial charge in [0, 0.05) is 6.54 Å². The second-order valence-corrected chi connectivity index (χ2v) is 3.54. The molecule has 12 heavy (non-hydrogen) atoms. The normalized spacial score (nSPS) is 39.8. The maximum Gasteiger partial charge on any atom is 1.00 e. The molecule has 0 aromatic carbocycles. The summed E-state index contributed by atoms with van der Waals surface area (Å²) in [5.41, 5.74) is 0.0990. The molecule has 3 aliphatic heterocycles. The molecule has 1 aliphatic carbocycles. The molecule has 0 aromatic rings. The van der Waals surface area contributed by atoms with E-state index in [0.717, 1.165) is 12.5 Å². The first-order valence-corrected chi connectivity index (χ1v) is 3.73. The standard InChI is InChI=1S/C8H8NO.K.H2O/c10-7-1-2-8-3-6(4-8)5-9(7)8;;/h1,6H,3-5H2;;1H2/q-1;+1;/p-1. The first kappa shape index (κ1) is 10.9. The zero-order valence-corrected chi connectivity index (χ0v) is 10.2. The minimum atomic E-state index is 0. The Morgan fingerprint density at radius 1 is 1.58 bits per heavy atom. The zero-order chi connectivity index (χ0) is 6.77. The quantitative estimate of drug-likeness (QED) is 0.305. The number of hydrogen-bond acceptors (Lipinski definition) is 2. The minimum Gasteiger partial charge on any atom is -0.870 e. The van der Waals surface area contributed by atoms with Gasteiger partial charge in [-0.15, -0.1) is 0 Å². The van der Waals surface area contributed by atoms with Gasteiger partial charge in [-0.2, -0.15) is 6.08 Å². The van der Waals surface area contributed by atoms with Crippen molar-refractivity contribution in [2.75, 3.05) is 6.54 Å². The van der Waals surface area contributed by atoms with Gasteiger partial charge in [-0.25, -0.2) is 6.08 Å². The summed E-state index contributed by atoms with van der Waals surface area (Å²) < 4.78 is 0. The van der Waals surface area contributed by atoms with E-state index in [9.17, 15) is 4.79 Å². The Hall–Kier alpha value is 0.806. The SMILES string of the molecule is O=C1C=[C-]C23CC(CN12)C3.[K+].[OH-]. The molecule has 3 fully saturated rings. The summed E-state index contributed by atoms with van der Waals surface area (Å²) in [5.74, 6) is 0.977. The molecule has 0 atom stereocenters. The fraction of sp³-hybridized carbons (Fsp3) is 0.625. The average molecular weight is 190 g/mol. The van der Waals surface area contributed by atoms with E-state index in [1.807, 2.05) is 4.90 Å². The Balaban J connectivity index is 0.000000360. The summed E-state index contributed by atoms with van der Waals surface area (Å²) in [5, 5.41) is 0. The summed E-state index contributed by atoms with van der Waals surface area (Å²) in [7, 11) is 0. The Kier molecular flexibility index (Phi) is 2.89. The molecule has 3 nitrogen and oxygen atoms in total. The molecule has 60 valence electrons. The van der Waals surface area contributed by atoms with Gasteiger partial charge < -0.3 is 15.2 Å². The van der Waals surface area contributed by atoms with Crippen LogP contribution < -0.4 is 51.4 Å². The van der Waals surface area contributed by atoms with Gasteiger partial charge in [0.2, 0.25) is 0 Å². The number of carbonyl (C=O) groups excluding carboxylic acids is 1. The van der Waals surface area contributed by atoms with Gasteiger partial charge in [-0.1, -0.05) is 0 Å². The van der Waals surface area contributed by atoms with Crippen molar-refractivity contribution >= 4 is 5.91 Å². The van der Waals surface area contributed by atoms with Crippen molar-refractivity contribution in [3.05, 3.63) is 12.2 Å². The summed E-state index contributed by atoms with van der Waals surface area (Å²) in [6.07, 6.45) is 7.12. The monoisotopic (exact) mass is 190 g/mol. The van der Waals surface area contributed by atoms with E-state index in [1.165, 1.54) is 12.8 Å². The van der Waals surface area contributed by atoms with Crippen LogP contribution in [0.5, 0.6) is 0 Å². The van der Waals surface area contributed by atoms with Crippen molar-refractivity contribution in [1.82, 2.24) is 4.90 Å². The van der Waals surface area contributed by atoms with Crippen molar-refractivity contribution in [2.24, 2.45) is 5.92 Å². The first-order chi connectivity index (χ1) is 4.80. The summed E-state index contributed by atoms with van der Waals surface area (Å²) in [6, 6.07) is 0. The van der Waals surface area contributed by atoms with Crippen LogP contribution in [0.2, 0.25) is 0 Å². The van der Waals surface area contributed by atoms with Crippen LogP contribution in [0.3, 0.4) is 0 Å². The van der Waals surface area contributed by atoms with Gasteiger partial charge in [0.05, 0.1) is 5.91 Å². The third kappa shape index (κ3) is 1.10. The third-order valence-electron chi connectivity index (χ3n) is 2.94. The maximum atomic E-state index is 11.1. The predicted octanol–water partition coefficient (Wildman–Crippen LogP) is -2.82. The Bertz CT molecular complexity index is 245. The number of amides is 1. The zero-order valence-electron chi connectivity index (χ0n) is 7.08. The van der Waals surface area contributed by atoms with Crippen LogP contribution in [0, 0.1) is 12.0 Å². The summed E-state index contributed by atoms with van der Waals surface area (Å²) >= 11 is 0. The van der Waals surface area contributed by atoms with E-state index in [4.69, 9.17) is 0 Å². The Morgan fingerprint density at radius 2 is 2.25 bits per heavy atom. The van der Waals surface area contributed by atoms with E-state index >= 15 is 0 Å². The topological polar surface area (TPSA) is 50.3 Å². The Morgan fingerprint density at radius 3 is 2.83 bits per heavy atom. The third-order valence-corrected chi connectivity index (χ3v) is 2.94. The molecule has 3 heterocycles. The van der Waals surface area contributed by atoms with E-state index < -0.39 is 0 Å². The van der Waals surface area contributed by atoms with Crippen molar-refractivity contribution in [2.45, 2.75) is 18.4 Å². The van der Waals surface area contributed by atoms with Crippen LogP contribution in [0.25, 0.3) is 0 Å². The van der Waals surface area contributed by atoms with E-state index in [0.29, 0.717) is 0 Å². The van der Waals surface area contributed by atoms with Gasteiger partial charge in [0.1, 0.15) is 0 Å². The Labute approximate surface area is 114 Å². The molecule has 1 N–H and O–H groups in total. The first-order valence-electron chi connectivity index (χ1n) is 3.73. The molecular formula is C8H9KNO2-. The van der Waals surface area contributed by atoms with E-state index in [1.54, 1.807) is 6.08 Å². The molecule has 1 spiro atoms. The molecule has 0 radical (unpaired) electrons. The molecule has 4 rings (SSSR count). The van der Waals surface area contributed by atoms with Crippen molar-refractivity contribution < 1.29 is 61.7 Å². The number of nitrogens with zero attached hydrogens (tertiary/aromatic N) is 1. The number of carbonyl (C=O) groups is 1. The molecule has 1 amide bonds. The smallest absolute Gasteiger partial charge is 0.870 e. The van der Waals surface area contributed by atoms with Crippen LogP contribution in [0.15, 0.2) is 6.08 Å². The maximum absolute atomic E-state index is 11.1. The van der Waals surface area contributed by atoms with Crippen LogP contribution in [-0.2, 0) is 4.79 Å². The second kappa shape index (κ2) is 3.18. The molecule has 2 saturated heterocycles. The summed E-state index contributed by atoms with van der Waals surface area (Å²) in [4.78, 5) is 13.1. The van der Waals surface area contributed by atoms with Crippen LogP contribution >= 0.6 is 0 Å². The van der Waals surface area contributed by atoms with Crippen LogP contribution in [0.1, 0.15) is 12.8 Å². The number of rotatable bonds is 0. The molecular weight excluding hydrogens is 181 g/mol. The molecule has 4 heteroatoms. The van der Waals surface area contributed by atoms with Gasteiger partial charge >= 0.3 is 51.4 Å². The molecule has 0 aromatic heterocycles.